The van der Waals surface area contributed by atoms with E-state index in [4.69, 9.17) is 22.1 Å². The second-order valence-corrected chi connectivity index (χ2v) is 2.38. The molecular formula is C4H8ClNO. The Morgan fingerprint density at radius 3 is 2.57 bits per heavy atom. The summed E-state index contributed by atoms with van der Waals surface area (Å²) in [6.07, 6.45) is 1.76. The van der Waals surface area contributed by atoms with Crippen molar-refractivity contribution in [2.75, 3.05) is 6.61 Å². The zero-order chi connectivity index (χ0) is 5.33. The Morgan fingerprint density at radius 2 is 2.43 bits per heavy atom. The zero-order valence-electron chi connectivity index (χ0n) is 3.98. The van der Waals surface area contributed by atoms with E-state index in [0.717, 1.165) is 12.8 Å². The van der Waals surface area contributed by atoms with E-state index in [2.05, 4.69) is 0 Å². The first-order valence-electron chi connectivity index (χ1n) is 2.32. The summed E-state index contributed by atoms with van der Waals surface area (Å²) in [6, 6.07) is 0. The van der Waals surface area contributed by atoms with Crippen molar-refractivity contribution in [2.24, 2.45) is 5.73 Å². The van der Waals surface area contributed by atoms with Gasteiger partial charge in [-0.05, 0) is 6.42 Å². The fourth-order valence-electron chi connectivity index (χ4n) is 0.627. The maximum absolute atomic E-state index is 5.52. The zero-order valence-corrected chi connectivity index (χ0v) is 4.74. The molecule has 0 aromatic carbocycles. The molecule has 1 aliphatic rings. The number of hydrogen-bond acceptors (Lipinski definition) is 2. The van der Waals surface area contributed by atoms with Gasteiger partial charge in [0.05, 0.1) is 6.61 Å². The Balaban J connectivity index is 2.40. The maximum atomic E-state index is 5.52. The largest absolute Gasteiger partial charge is 0.347 e. The van der Waals surface area contributed by atoms with E-state index in [1.165, 1.54) is 0 Å². The van der Waals surface area contributed by atoms with E-state index in [9.17, 15) is 0 Å². The lowest BCUT2D eigenvalue weighted by Crippen LogP contribution is -2.30. The molecule has 1 aliphatic heterocycles. The molecule has 42 valence electrons. The topological polar surface area (TPSA) is 35.2 Å². The Morgan fingerprint density at radius 1 is 1.71 bits per heavy atom. The minimum atomic E-state index is -0.833. The molecule has 1 atom stereocenters. The summed E-state index contributed by atoms with van der Waals surface area (Å²) in [6.45, 7) is 0.708. The Hall–Kier alpha value is 0.210. The standard InChI is InChI=1S/C4H8ClNO/c5-4(6)2-1-3-7-4/h1-3,6H2/t4-/m0/s1. The summed E-state index contributed by atoms with van der Waals surface area (Å²) in [5.41, 5.74) is 5.32. The van der Waals surface area contributed by atoms with Gasteiger partial charge in [0.1, 0.15) is 0 Å². The summed E-state index contributed by atoms with van der Waals surface area (Å²) in [7, 11) is 0. The third-order valence-corrected chi connectivity index (χ3v) is 1.30. The first-order chi connectivity index (χ1) is 3.21. The molecule has 0 bridgehead atoms. The van der Waals surface area contributed by atoms with Crippen LogP contribution in [0.4, 0.5) is 0 Å². The molecule has 0 amide bonds. The highest BCUT2D eigenvalue weighted by molar-refractivity contribution is 6.22. The van der Waals surface area contributed by atoms with E-state index in [-0.39, 0.29) is 0 Å². The van der Waals surface area contributed by atoms with Crippen molar-refractivity contribution in [3.05, 3.63) is 0 Å². The van der Waals surface area contributed by atoms with Crippen LogP contribution in [0.1, 0.15) is 12.8 Å². The first-order valence-corrected chi connectivity index (χ1v) is 2.70. The van der Waals surface area contributed by atoms with Gasteiger partial charge in [-0.1, -0.05) is 11.6 Å². The highest BCUT2D eigenvalue weighted by Gasteiger charge is 2.26. The Kier molecular flexibility index (Phi) is 1.24. The van der Waals surface area contributed by atoms with Gasteiger partial charge in [0.25, 0.3) is 0 Å². The van der Waals surface area contributed by atoms with Crippen molar-refractivity contribution < 1.29 is 4.74 Å². The summed E-state index contributed by atoms with van der Waals surface area (Å²) in [5, 5.41) is -0.833. The van der Waals surface area contributed by atoms with Crippen molar-refractivity contribution in [3.63, 3.8) is 0 Å². The fourth-order valence-corrected chi connectivity index (χ4v) is 0.838. The molecule has 1 fully saturated rings. The molecule has 1 heterocycles. The first kappa shape index (κ1) is 5.35. The van der Waals surface area contributed by atoms with Crippen LogP contribution < -0.4 is 5.73 Å². The molecule has 3 heteroatoms. The van der Waals surface area contributed by atoms with Crippen LogP contribution in [0.25, 0.3) is 0 Å². The van der Waals surface area contributed by atoms with E-state index in [1.54, 1.807) is 0 Å². The molecule has 0 spiro atoms. The summed E-state index contributed by atoms with van der Waals surface area (Å²) >= 11 is 5.52. The molecule has 1 saturated heterocycles. The number of hydrogen-bond donors (Lipinski definition) is 1. The van der Waals surface area contributed by atoms with Crippen LogP contribution in [-0.2, 0) is 4.74 Å². The monoisotopic (exact) mass is 121 g/mol. The fraction of sp³-hybridized carbons (Fsp3) is 1.00. The third-order valence-electron chi connectivity index (χ3n) is 1.00. The SMILES string of the molecule is N[C@@]1(Cl)CCCO1. The average Bonchev–Trinajstić information content (AvgIpc) is 1.84. The minimum absolute atomic E-state index is 0.708. The number of rotatable bonds is 0. The van der Waals surface area contributed by atoms with Gasteiger partial charge >= 0.3 is 0 Å². The van der Waals surface area contributed by atoms with Crippen LogP contribution in [-0.4, -0.2) is 11.8 Å². The van der Waals surface area contributed by atoms with Crippen molar-refractivity contribution in [1.82, 2.24) is 0 Å². The predicted octanol–water partition coefficient (Wildman–Crippen LogP) is 0.648. The number of nitrogens with two attached hydrogens (primary N) is 1. The van der Waals surface area contributed by atoms with E-state index in [0.29, 0.717) is 6.61 Å². The van der Waals surface area contributed by atoms with Gasteiger partial charge in [-0.3, -0.25) is 5.73 Å². The Labute approximate surface area is 47.6 Å². The number of halogens is 1. The molecule has 0 aliphatic carbocycles. The lowest BCUT2D eigenvalue weighted by atomic mass is 10.3. The molecule has 1 rings (SSSR count). The van der Waals surface area contributed by atoms with Crippen LogP contribution in [0, 0.1) is 0 Å². The molecule has 0 radical (unpaired) electrons. The van der Waals surface area contributed by atoms with Crippen molar-refractivity contribution in [3.8, 4) is 0 Å². The van der Waals surface area contributed by atoms with Gasteiger partial charge in [-0.15, -0.1) is 0 Å². The molecule has 0 aromatic heterocycles. The smallest absolute Gasteiger partial charge is 0.193 e. The van der Waals surface area contributed by atoms with Gasteiger partial charge in [-0.25, -0.2) is 0 Å². The van der Waals surface area contributed by atoms with E-state index < -0.39 is 5.18 Å². The van der Waals surface area contributed by atoms with E-state index in [1.807, 2.05) is 0 Å². The van der Waals surface area contributed by atoms with E-state index >= 15 is 0 Å². The maximum Gasteiger partial charge on any atom is 0.193 e. The number of alkyl halides is 1. The highest BCUT2D eigenvalue weighted by Crippen LogP contribution is 2.22. The van der Waals surface area contributed by atoms with Crippen LogP contribution in [0.5, 0.6) is 0 Å². The lowest BCUT2D eigenvalue weighted by molar-refractivity contribution is 0.0806. The van der Waals surface area contributed by atoms with Crippen molar-refractivity contribution >= 4 is 11.6 Å². The average molecular weight is 122 g/mol. The molecular weight excluding hydrogens is 114 g/mol. The van der Waals surface area contributed by atoms with Crippen LogP contribution >= 0.6 is 11.6 Å². The quantitative estimate of drug-likeness (QED) is 0.377. The molecule has 0 aromatic rings. The van der Waals surface area contributed by atoms with Gasteiger partial charge in [0.15, 0.2) is 5.18 Å². The van der Waals surface area contributed by atoms with Crippen LogP contribution in [0.15, 0.2) is 0 Å². The van der Waals surface area contributed by atoms with Crippen LogP contribution in [0.2, 0.25) is 0 Å². The van der Waals surface area contributed by atoms with Crippen molar-refractivity contribution in [2.45, 2.75) is 18.0 Å². The van der Waals surface area contributed by atoms with Gasteiger partial charge in [-0.2, -0.15) is 0 Å². The predicted molar refractivity (Wildman–Crippen MR) is 28.0 cm³/mol. The molecule has 7 heavy (non-hydrogen) atoms. The number of ether oxygens (including phenoxy) is 1. The second kappa shape index (κ2) is 1.62. The normalized spacial score (nSPS) is 42.0. The minimum Gasteiger partial charge on any atom is -0.347 e. The van der Waals surface area contributed by atoms with Crippen LogP contribution in [0.3, 0.4) is 0 Å². The lowest BCUT2D eigenvalue weighted by Gasteiger charge is -2.11. The summed E-state index contributed by atoms with van der Waals surface area (Å²) < 4.78 is 4.88. The van der Waals surface area contributed by atoms with Gasteiger partial charge in [0, 0.05) is 6.42 Å². The summed E-state index contributed by atoms with van der Waals surface area (Å²) in [4.78, 5) is 0. The Bertz CT molecular complexity index is 66.1. The molecule has 0 unspecified atom stereocenters. The highest BCUT2D eigenvalue weighted by atomic mass is 35.5. The van der Waals surface area contributed by atoms with Gasteiger partial charge < -0.3 is 4.74 Å². The molecule has 2 N–H and O–H groups in total. The van der Waals surface area contributed by atoms with Gasteiger partial charge in [0.2, 0.25) is 0 Å². The summed E-state index contributed by atoms with van der Waals surface area (Å²) in [5.74, 6) is 0. The third kappa shape index (κ3) is 1.30. The second-order valence-electron chi connectivity index (χ2n) is 1.74. The molecule has 0 saturated carbocycles. The molecule has 2 nitrogen and oxygen atoms in total. The van der Waals surface area contributed by atoms with Crippen molar-refractivity contribution in [1.29, 1.82) is 0 Å².